The summed E-state index contributed by atoms with van der Waals surface area (Å²) in [6, 6.07) is 7.21. The van der Waals surface area contributed by atoms with Crippen molar-refractivity contribution >= 4 is 11.9 Å². The Morgan fingerprint density at radius 2 is 1.63 bits per heavy atom. The van der Waals surface area contributed by atoms with Gasteiger partial charge < -0.3 is 10.2 Å². The number of aliphatic carboxylic acids is 2. The average Bonchev–Trinajstić information content (AvgIpc) is 2.27. The quantitative estimate of drug-likeness (QED) is 0.794. The highest BCUT2D eigenvalue weighted by Crippen LogP contribution is 2.27. The summed E-state index contributed by atoms with van der Waals surface area (Å²) in [6.07, 6.45) is 0.912. The molecular formula is C15H20O4. The predicted octanol–water partition coefficient (Wildman–Crippen LogP) is 2.92. The maximum absolute atomic E-state index is 10.9. The van der Waals surface area contributed by atoms with E-state index >= 15 is 0 Å². The summed E-state index contributed by atoms with van der Waals surface area (Å²) in [7, 11) is 0. The van der Waals surface area contributed by atoms with Crippen LogP contribution in [0.5, 0.6) is 0 Å². The first-order valence-corrected chi connectivity index (χ1v) is 6.41. The third-order valence-corrected chi connectivity index (χ3v) is 2.98. The van der Waals surface area contributed by atoms with Gasteiger partial charge in [-0.25, -0.2) is 0 Å². The lowest BCUT2D eigenvalue weighted by atomic mass is 9.87. The molecule has 1 unspecified atom stereocenters. The van der Waals surface area contributed by atoms with Gasteiger partial charge in [0.05, 0.1) is 12.8 Å². The normalized spacial score (nSPS) is 12.4. The molecule has 0 saturated carbocycles. The van der Waals surface area contributed by atoms with Crippen LogP contribution in [0.15, 0.2) is 24.3 Å². The van der Waals surface area contributed by atoms with E-state index in [4.69, 9.17) is 10.2 Å². The van der Waals surface area contributed by atoms with E-state index in [0.717, 1.165) is 17.5 Å². The molecule has 0 fully saturated rings. The summed E-state index contributed by atoms with van der Waals surface area (Å²) in [6.45, 7) is 4.13. The topological polar surface area (TPSA) is 74.6 Å². The molecule has 0 spiro atoms. The molecule has 0 amide bonds. The number of carbonyl (C=O) groups is 2. The Bertz CT molecular complexity index is 434. The highest BCUT2D eigenvalue weighted by atomic mass is 16.4. The second-order valence-corrected chi connectivity index (χ2v) is 5.24. The van der Waals surface area contributed by atoms with Crippen LogP contribution in [0.3, 0.4) is 0 Å². The Balaban J connectivity index is 2.83. The van der Waals surface area contributed by atoms with E-state index < -0.39 is 11.9 Å². The highest BCUT2D eigenvalue weighted by molar-refractivity contribution is 5.70. The zero-order valence-corrected chi connectivity index (χ0v) is 11.3. The van der Waals surface area contributed by atoms with Crippen molar-refractivity contribution in [1.29, 1.82) is 0 Å². The van der Waals surface area contributed by atoms with E-state index in [1.54, 1.807) is 12.1 Å². The summed E-state index contributed by atoms with van der Waals surface area (Å²) < 4.78 is 0. The zero-order chi connectivity index (χ0) is 14.4. The Hall–Kier alpha value is -1.84. The van der Waals surface area contributed by atoms with Crippen LogP contribution in [0.2, 0.25) is 0 Å². The highest BCUT2D eigenvalue weighted by Gasteiger charge is 2.17. The Labute approximate surface area is 113 Å². The van der Waals surface area contributed by atoms with Crippen LogP contribution < -0.4 is 0 Å². The lowest BCUT2D eigenvalue weighted by molar-refractivity contribution is -0.138. The van der Waals surface area contributed by atoms with E-state index in [0.29, 0.717) is 5.92 Å². The number of carboxylic acid groups (broad SMARTS) is 2. The maximum atomic E-state index is 10.9. The van der Waals surface area contributed by atoms with Crippen LogP contribution in [0.4, 0.5) is 0 Å². The maximum Gasteiger partial charge on any atom is 0.307 e. The van der Waals surface area contributed by atoms with E-state index in [9.17, 15) is 9.59 Å². The summed E-state index contributed by atoms with van der Waals surface area (Å²) in [5.74, 6) is -1.27. The fourth-order valence-electron chi connectivity index (χ4n) is 2.20. The number of benzene rings is 1. The standard InChI is InChI=1S/C15H20O4/c1-10(2)7-13(9-15(18)19)12-5-3-11(4-6-12)8-14(16)17/h3-6,10,13H,7-9H2,1-2H3,(H,16,17)(H,18,19). The lowest BCUT2D eigenvalue weighted by Gasteiger charge is -2.18. The molecule has 0 aliphatic carbocycles. The molecule has 1 aromatic rings. The molecule has 0 saturated heterocycles. The molecular weight excluding hydrogens is 244 g/mol. The van der Waals surface area contributed by atoms with Gasteiger partial charge in [0, 0.05) is 0 Å². The van der Waals surface area contributed by atoms with Gasteiger partial charge in [0.2, 0.25) is 0 Å². The molecule has 104 valence electrons. The molecule has 0 aromatic heterocycles. The molecule has 0 heterocycles. The summed E-state index contributed by atoms with van der Waals surface area (Å²) >= 11 is 0. The molecule has 1 atom stereocenters. The van der Waals surface area contributed by atoms with Gasteiger partial charge in [0.15, 0.2) is 0 Å². The third-order valence-electron chi connectivity index (χ3n) is 2.98. The van der Waals surface area contributed by atoms with Gasteiger partial charge in [0.1, 0.15) is 0 Å². The van der Waals surface area contributed by atoms with E-state index in [1.165, 1.54) is 0 Å². The van der Waals surface area contributed by atoms with Crippen LogP contribution in [-0.4, -0.2) is 22.2 Å². The third kappa shape index (κ3) is 5.55. The largest absolute Gasteiger partial charge is 0.481 e. The van der Waals surface area contributed by atoms with Crippen molar-refractivity contribution in [2.24, 2.45) is 5.92 Å². The first-order valence-electron chi connectivity index (χ1n) is 6.41. The smallest absolute Gasteiger partial charge is 0.307 e. The fourth-order valence-corrected chi connectivity index (χ4v) is 2.20. The molecule has 0 radical (unpaired) electrons. The Kier molecular flexibility index (Phi) is 5.55. The van der Waals surface area contributed by atoms with Crippen LogP contribution >= 0.6 is 0 Å². The predicted molar refractivity (Wildman–Crippen MR) is 72.2 cm³/mol. The molecule has 4 heteroatoms. The SMILES string of the molecule is CC(C)CC(CC(=O)O)c1ccc(CC(=O)O)cc1. The zero-order valence-electron chi connectivity index (χ0n) is 11.3. The van der Waals surface area contributed by atoms with Gasteiger partial charge >= 0.3 is 11.9 Å². The minimum Gasteiger partial charge on any atom is -0.481 e. The van der Waals surface area contributed by atoms with Crippen molar-refractivity contribution in [2.75, 3.05) is 0 Å². The van der Waals surface area contributed by atoms with E-state index in [2.05, 4.69) is 13.8 Å². The van der Waals surface area contributed by atoms with Crippen molar-refractivity contribution < 1.29 is 19.8 Å². The number of rotatable bonds is 7. The summed E-state index contributed by atoms with van der Waals surface area (Å²) in [5, 5.41) is 17.7. The summed E-state index contributed by atoms with van der Waals surface area (Å²) in [5.41, 5.74) is 1.69. The first kappa shape index (κ1) is 15.2. The molecule has 1 rings (SSSR count). The second kappa shape index (κ2) is 6.92. The molecule has 0 aliphatic rings. The van der Waals surface area contributed by atoms with Crippen LogP contribution in [0, 0.1) is 5.92 Å². The number of hydrogen-bond acceptors (Lipinski definition) is 2. The molecule has 0 bridgehead atoms. The van der Waals surface area contributed by atoms with Crippen molar-refractivity contribution in [3.05, 3.63) is 35.4 Å². The molecule has 2 N–H and O–H groups in total. The van der Waals surface area contributed by atoms with Gasteiger partial charge in [0.25, 0.3) is 0 Å². The minimum absolute atomic E-state index is 0.00590. The van der Waals surface area contributed by atoms with Crippen LogP contribution in [-0.2, 0) is 16.0 Å². The minimum atomic E-state index is -0.864. The number of carboxylic acids is 2. The Morgan fingerprint density at radius 1 is 1.05 bits per heavy atom. The van der Waals surface area contributed by atoms with Gasteiger partial charge in [-0.15, -0.1) is 0 Å². The number of hydrogen-bond donors (Lipinski definition) is 2. The molecule has 0 aliphatic heterocycles. The van der Waals surface area contributed by atoms with Gasteiger partial charge in [-0.2, -0.15) is 0 Å². The van der Waals surface area contributed by atoms with Crippen LogP contribution in [0.1, 0.15) is 43.7 Å². The van der Waals surface area contributed by atoms with Crippen molar-refractivity contribution in [1.82, 2.24) is 0 Å². The second-order valence-electron chi connectivity index (χ2n) is 5.24. The lowest BCUT2D eigenvalue weighted by Crippen LogP contribution is -2.09. The van der Waals surface area contributed by atoms with Gasteiger partial charge in [-0.05, 0) is 29.4 Å². The average molecular weight is 264 g/mol. The van der Waals surface area contributed by atoms with Crippen molar-refractivity contribution in [2.45, 2.75) is 39.0 Å². The van der Waals surface area contributed by atoms with E-state index in [1.807, 2.05) is 12.1 Å². The van der Waals surface area contributed by atoms with Gasteiger partial charge in [-0.3, -0.25) is 9.59 Å². The summed E-state index contributed by atoms with van der Waals surface area (Å²) in [4.78, 5) is 21.5. The van der Waals surface area contributed by atoms with Crippen LogP contribution in [0.25, 0.3) is 0 Å². The van der Waals surface area contributed by atoms with Crippen molar-refractivity contribution in [3.63, 3.8) is 0 Å². The molecule has 1 aromatic carbocycles. The molecule has 19 heavy (non-hydrogen) atoms. The fraction of sp³-hybridized carbons (Fsp3) is 0.467. The van der Waals surface area contributed by atoms with Gasteiger partial charge in [-0.1, -0.05) is 38.1 Å². The van der Waals surface area contributed by atoms with E-state index in [-0.39, 0.29) is 18.8 Å². The first-order chi connectivity index (χ1) is 8.88. The monoisotopic (exact) mass is 264 g/mol. The van der Waals surface area contributed by atoms with Crippen molar-refractivity contribution in [3.8, 4) is 0 Å². The molecule has 4 nitrogen and oxygen atoms in total. The Morgan fingerprint density at radius 3 is 2.05 bits per heavy atom.